The summed E-state index contributed by atoms with van der Waals surface area (Å²) in [5.74, 6) is 1.78. The molecule has 0 unspecified atom stereocenters. The van der Waals surface area contributed by atoms with Gasteiger partial charge in [-0.2, -0.15) is 4.98 Å². The second kappa shape index (κ2) is 4.14. The number of hydrogen-bond acceptors (Lipinski definition) is 5. The standard InChI is InChI=1S/C12H20N4O/c1-8(2)12(13)6-16(7-12)11-14-9(3)5-10(15-11)17-4/h5,8H,6-7,13H2,1-4H3. The molecule has 2 N–H and O–H groups in total. The van der Waals surface area contributed by atoms with E-state index in [1.54, 1.807) is 7.11 Å². The van der Waals surface area contributed by atoms with Gasteiger partial charge in [-0.3, -0.25) is 0 Å². The molecule has 0 atom stereocenters. The maximum atomic E-state index is 6.25. The van der Waals surface area contributed by atoms with Gasteiger partial charge in [-0.15, -0.1) is 0 Å². The largest absolute Gasteiger partial charge is 0.481 e. The van der Waals surface area contributed by atoms with E-state index >= 15 is 0 Å². The Morgan fingerprint density at radius 1 is 1.41 bits per heavy atom. The van der Waals surface area contributed by atoms with Crippen molar-refractivity contribution in [3.8, 4) is 5.88 Å². The van der Waals surface area contributed by atoms with Crippen LogP contribution in [0, 0.1) is 12.8 Å². The molecule has 0 bridgehead atoms. The highest BCUT2D eigenvalue weighted by Crippen LogP contribution is 2.29. The third kappa shape index (κ3) is 2.20. The smallest absolute Gasteiger partial charge is 0.228 e. The highest BCUT2D eigenvalue weighted by Gasteiger charge is 2.43. The average molecular weight is 236 g/mol. The van der Waals surface area contributed by atoms with Crippen molar-refractivity contribution in [2.45, 2.75) is 26.3 Å². The van der Waals surface area contributed by atoms with Crippen LogP contribution in [-0.2, 0) is 0 Å². The van der Waals surface area contributed by atoms with Gasteiger partial charge in [-0.1, -0.05) is 13.8 Å². The van der Waals surface area contributed by atoms with Crippen LogP contribution >= 0.6 is 0 Å². The fourth-order valence-corrected chi connectivity index (χ4v) is 1.94. The first-order chi connectivity index (χ1) is 7.94. The summed E-state index contributed by atoms with van der Waals surface area (Å²) in [5, 5.41) is 0. The molecule has 94 valence electrons. The van der Waals surface area contributed by atoms with E-state index in [4.69, 9.17) is 10.5 Å². The van der Waals surface area contributed by atoms with Crippen molar-refractivity contribution < 1.29 is 4.74 Å². The van der Waals surface area contributed by atoms with Crippen LogP contribution in [0.2, 0.25) is 0 Å². The van der Waals surface area contributed by atoms with Crippen molar-refractivity contribution in [3.05, 3.63) is 11.8 Å². The number of nitrogens with zero attached hydrogens (tertiary/aromatic N) is 3. The minimum Gasteiger partial charge on any atom is -0.481 e. The summed E-state index contributed by atoms with van der Waals surface area (Å²) in [6, 6.07) is 1.82. The first-order valence-electron chi connectivity index (χ1n) is 5.88. The normalized spacial score (nSPS) is 18.1. The molecule has 1 fully saturated rings. The molecule has 1 aliphatic heterocycles. The van der Waals surface area contributed by atoms with Crippen LogP contribution in [0.4, 0.5) is 5.95 Å². The van der Waals surface area contributed by atoms with Gasteiger partial charge in [-0.05, 0) is 12.8 Å². The quantitative estimate of drug-likeness (QED) is 0.847. The van der Waals surface area contributed by atoms with Crippen LogP contribution in [0.5, 0.6) is 5.88 Å². The van der Waals surface area contributed by atoms with Gasteiger partial charge in [0.05, 0.1) is 12.6 Å². The number of methoxy groups -OCH3 is 1. The molecule has 17 heavy (non-hydrogen) atoms. The lowest BCUT2D eigenvalue weighted by Gasteiger charge is -2.50. The van der Waals surface area contributed by atoms with Crippen molar-refractivity contribution in [1.29, 1.82) is 0 Å². The molecule has 2 heterocycles. The minimum atomic E-state index is -0.111. The molecule has 2 rings (SSSR count). The summed E-state index contributed by atoms with van der Waals surface area (Å²) >= 11 is 0. The number of ether oxygens (including phenoxy) is 1. The fraction of sp³-hybridized carbons (Fsp3) is 0.667. The van der Waals surface area contributed by atoms with Crippen LogP contribution in [-0.4, -0.2) is 35.7 Å². The molecule has 0 aromatic carbocycles. The topological polar surface area (TPSA) is 64.3 Å². The monoisotopic (exact) mass is 236 g/mol. The lowest BCUT2D eigenvalue weighted by molar-refractivity contribution is 0.241. The summed E-state index contributed by atoms with van der Waals surface area (Å²) in [5.41, 5.74) is 7.05. The maximum Gasteiger partial charge on any atom is 0.228 e. The van der Waals surface area contributed by atoms with E-state index in [9.17, 15) is 0 Å². The van der Waals surface area contributed by atoms with Gasteiger partial charge in [-0.25, -0.2) is 4.98 Å². The zero-order valence-electron chi connectivity index (χ0n) is 10.9. The van der Waals surface area contributed by atoms with Crippen molar-refractivity contribution >= 4 is 5.95 Å². The van der Waals surface area contributed by atoms with Crippen LogP contribution < -0.4 is 15.4 Å². The lowest BCUT2D eigenvalue weighted by Crippen LogP contribution is -2.70. The number of hydrogen-bond donors (Lipinski definition) is 1. The Hall–Kier alpha value is -1.36. The molecular weight excluding hydrogens is 216 g/mol. The van der Waals surface area contributed by atoms with Gasteiger partial charge in [0, 0.05) is 24.8 Å². The van der Waals surface area contributed by atoms with Crippen molar-refractivity contribution in [3.63, 3.8) is 0 Å². The molecule has 0 amide bonds. The third-order valence-electron chi connectivity index (χ3n) is 3.43. The Kier molecular flexibility index (Phi) is 2.95. The van der Waals surface area contributed by atoms with Gasteiger partial charge >= 0.3 is 0 Å². The van der Waals surface area contributed by atoms with Crippen LogP contribution in [0.3, 0.4) is 0 Å². The Balaban J connectivity index is 2.13. The van der Waals surface area contributed by atoms with Crippen molar-refractivity contribution in [2.24, 2.45) is 11.7 Å². The molecule has 1 aromatic rings. The number of nitrogens with two attached hydrogens (primary N) is 1. The highest BCUT2D eigenvalue weighted by molar-refractivity contribution is 5.41. The van der Waals surface area contributed by atoms with Gasteiger partial charge in [0.1, 0.15) is 0 Å². The van der Waals surface area contributed by atoms with E-state index in [2.05, 4.69) is 28.7 Å². The van der Waals surface area contributed by atoms with Crippen LogP contribution in [0.1, 0.15) is 19.5 Å². The molecule has 0 aliphatic carbocycles. The predicted molar refractivity (Wildman–Crippen MR) is 67.3 cm³/mol. The number of aryl methyl sites for hydroxylation is 1. The molecule has 1 aliphatic rings. The zero-order chi connectivity index (χ0) is 12.6. The SMILES string of the molecule is COc1cc(C)nc(N2CC(N)(C(C)C)C2)n1. The number of anilines is 1. The molecule has 1 aromatic heterocycles. The van der Waals surface area contributed by atoms with E-state index in [1.165, 1.54) is 0 Å². The van der Waals surface area contributed by atoms with E-state index in [0.29, 0.717) is 17.7 Å². The molecule has 0 radical (unpaired) electrons. The first kappa shape index (κ1) is 12.1. The Morgan fingerprint density at radius 3 is 2.59 bits per heavy atom. The Labute approximate surface area is 102 Å². The van der Waals surface area contributed by atoms with Crippen molar-refractivity contribution in [1.82, 2.24) is 9.97 Å². The Bertz CT molecular complexity index is 413. The molecule has 1 saturated heterocycles. The van der Waals surface area contributed by atoms with Crippen LogP contribution in [0.15, 0.2) is 6.07 Å². The van der Waals surface area contributed by atoms with Crippen molar-refractivity contribution in [2.75, 3.05) is 25.1 Å². The molecule has 0 spiro atoms. The van der Waals surface area contributed by atoms with E-state index in [-0.39, 0.29) is 5.54 Å². The van der Waals surface area contributed by atoms with E-state index in [0.717, 1.165) is 18.8 Å². The first-order valence-corrected chi connectivity index (χ1v) is 5.88. The molecule has 0 saturated carbocycles. The molecular formula is C12H20N4O. The highest BCUT2D eigenvalue weighted by atomic mass is 16.5. The van der Waals surface area contributed by atoms with E-state index in [1.807, 2.05) is 13.0 Å². The third-order valence-corrected chi connectivity index (χ3v) is 3.43. The summed E-state index contributed by atoms with van der Waals surface area (Å²) in [6.07, 6.45) is 0. The number of aromatic nitrogens is 2. The molecule has 5 nitrogen and oxygen atoms in total. The van der Waals surface area contributed by atoms with Gasteiger partial charge in [0.25, 0.3) is 0 Å². The molecule has 5 heteroatoms. The van der Waals surface area contributed by atoms with Gasteiger partial charge in [0.2, 0.25) is 11.8 Å². The predicted octanol–water partition coefficient (Wildman–Crippen LogP) is 0.967. The maximum absolute atomic E-state index is 6.25. The number of rotatable bonds is 3. The zero-order valence-corrected chi connectivity index (χ0v) is 10.9. The summed E-state index contributed by atoms with van der Waals surface area (Å²) in [4.78, 5) is 10.8. The van der Waals surface area contributed by atoms with E-state index < -0.39 is 0 Å². The van der Waals surface area contributed by atoms with Gasteiger partial charge in [0.15, 0.2) is 0 Å². The summed E-state index contributed by atoms with van der Waals surface area (Å²) < 4.78 is 5.14. The second-order valence-electron chi connectivity index (χ2n) is 5.10. The fourth-order valence-electron chi connectivity index (χ4n) is 1.94. The summed E-state index contributed by atoms with van der Waals surface area (Å²) in [6.45, 7) is 7.84. The van der Waals surface area contributed by atoms with Gasteiger partial charge < -0.3 is 15.4 Å². The minimum absolute atomic E-state index is 0.111. The van der Waals surface area contributed by atoms with Crippen LogP contribution in [0.25, 0.3) is 0 Å². The lowest BCUT2D eigenvalue weighted by atomic mass is 9.80. The average Bonchev–Trinajstić information content (AvgIpc) is 2.23. The Morgan fingerprint density at radius 2 is 2.06 bits per heavy atom. The summed E-state index contributed by atoms with van der Waals surface area (Å²) in [7, 11) is 1.61. The second-order valence-corrected chi connectivity index (χ2v) is 5.10.